The first-order valence-corrected chi connectivity index (χ1v) is 9.24. The van der Waals surface area contributed by atoms with Crippen molar-refractivity contribution in [2.45, 2.75) is 38.8 Å². The largest absolute Gasteiger partial charge is 0.481 e. The van der Waals surface area contributed by atoms with E-state index in [1.807, 2.05) is 65.6 Å². The standard InChI is InChI=1S/C22H25NO3/c24-21(19-13-7-8-14-20(19)22(25)26)23(15-17-9-3-1-4-10-17)16-18-11-5-2-6-12-18/h1-6,9-12,19-20H,7-8,13-16H2,(H,25,26)/t19-,20+/m1/s1. The number of hydrogen-bond acceptors (Lipinski definition) is 2. The molecule has 2 aromatic rings. The fraction of sp³-hybridized carbons (Fsp3) is 0.364. The molecule has 1 saturated carbocycles. The minimum Gasteiger partial charge on any atom is -0.481 e. The molecular weight excluding hydrogens is 326 g/mol. The number of carboxylic acids is 1. The van der Waals surface area contributed by atoms with Crippen molar-refractivity contribution < 1.29 is 14.7 Å². The van der Waals surface area contributed by atoms with Gasteiger partial charge in [-0.3, -0.25) is 9.59 Å². The van der Waals surface area contributed by atoms with E-state index in [1.54, 1.807) is 0 Å². The number of amides is 1. The van der Waals surface area contributed by atoms with Gasteiger partial charge in [0.05, 0.1) is 11.8 Å². The van der Waals surface area contributed by atoms with Crippen LogP contribution in [0.25, 0.3) is 0 Å². The molecule has 0 unspecified atom stereocenters. The first-order valence-electron chi connectivity index (χ1n) is 9.24. The van der Waals surface area contributed by atoms with E-state index in [9.17, 15) is 14.7 Å². The highest BCUT2D eigenvalue weighted by Crippen LogP contribution is 2.32. The summed E-state index contributed by atoms with van der Waals surface area (Å²) in [4.78, 5) is 26.7. The predicted molar refractivity (Wildman–Crippen MR) is 100 cm³/mol. The maximum Gasteiger partial charge on any atom is 0.307 e. The lowest BCUT2D eigenvalue weighted by molar-refractivity contribution is -0.152. The average molecular weight is 351 g/mol. The number of aliphatic carboxylic acids is 1. The third-order valence-corrected chi connectivity index (χ3v) is 5.14. The van der Waals surface area contributed by atoms with Crippen molar-refractivity contribution in [3.8, 4) is 0 Å². The quantitative estimate of drug-likeness (QED) is 0.852. The molecule has 4 nitrogen and oxygen atoms in total. The highest BCUT2D eigenvalue weighted by atomic mass is 16.4. The number of nitrogens with zero attached hydrogens (tertiary/aromatic N) is 1. The zero-order chi connectivity index (χ0) is 18.4. The van der Waals surface area contributed by atoms with Gasteiger partial charge in [0, 0.05) is 13.1 Å². The summed E-state index contributed by atoms with van der Waals surface area (Å²) in [5.41, 5.74) is 2.11. The monoisotopic (exact) mass is 351 g/mol. The molecule has 1 aliphatic rings. The molecule has 2 atom stereocenters. The Morgan fingerprint density at radius 1 is 0.808 bits per heavy atom. The van der Waals surface area contributed by atoms with Crippen LogP contribution >= 0.6 is 0 Å². The molecule has 4 heteroatoms. The van der Waals surface area contributed by atoms with Gasteiger partial charge in [0.15, 0.2) is 0 Å². The third-order valence-electron chi connectivity index (χ3n) is 5.14. The Kier molecular flexibility index (Phi) is 6.05. The summed E-state index contributed by atoms with van der Waals surface area (Å²) in [7, 11) is 0. The van der Waals surface area contributed by atoms with Crippen LogP contribution < -0.4 is 0 Å². The minimum atomic E-state index is -0.845. The Bertz CT molecular complexity index is 688. The predicted octanol–water partition coefficient (Wildman–Crippen LogP) is 4.11. The summed E-state index contributed by atoms with van der Waals surface area (Å²) in [5.74, 6) is -1.87. The highest BCUT2D eigenvalue weighted by Gasteiger charge is 2.37. The second-order valence-corrected chi connectivity index (χ2v) is 7.00. The van der Waals surface area contributed by atoms with E-state index in [1.165, 1.54) is 0 Å². The van der Waals surface area contributed by atoms with E-state index >= 15 is 0 Å². The third kappa shape index (κ3) is 4.51. The Morgan fingerprint density at radius 2 is 1.27 bits per heavy atom. The van der Waals surface area contributed by atoms with Gasteiger partial charge >= 0.3 is 5.97 Å². The van der Waals surface area contributed by atoms with Gasteiger partial charge in [-0.1, -0.05) is 73.5 Å². The molecule has 3 rings (SSSR count). The van der Waals surface area contributed by atoms with Crippen LogP contribution in [0.15, 0.2) is 60.7 Å². The highest BCUT2D eigenvalue weighted by molar-refractivity contribution is 5.85. The maximum atomic E-state index is 13.3. The molecule has 1 N–H and O–H groups in total. The summed E-state index contributed by atoms with van der Waals surface area (Å²) in [6.45, 7) is 0.995. The van der Waals surface area contributed by atoms with Gasteiger partial charge in [0.2, 0.25) is 5.91 Å². The van der Waals surface area contributed by atoms with Crippen LogP contribution in [0.2, 0.25) is 0 Å². The summed E-state index contributed by atoms with van der Waals surface area (Å²) in [6.07, 6.45) is 3.06. The molecule has 136 valence electrons. The smallest absolute Gasteiger partial charge is 0.307 e. The summed E-state index contributed by atoms with van der Waals surface area (Å²) >= 11 is 0. The maximum absolute atomic E-state index is 13.3. The average Bonchev–Trinajstić information content (AvgIpc) is 2.68. The molecule has 0 radical (unpaired) electrons. The van der Waals surface area contributed by atoms with E-state index in [-0.39, 0.29) is 5.91 Å². The molecule has 1 fully saturated rings. The first-order chi connectivity index (χ1) is 12.6. The number of benzene rings is 2. The van der Waals surface area contributed by atoms with Gasteiger partial charge in [-0.05, 0) is 24.0 Å². The topological polar surface area (TPSA) is 57.6 Å². The zero-order valence-corrected chi connectivity index (χ0v) is 14.9. The number of carbonyl (C=O) groups is 2. The van der Waals surface area contributed by atoms with Crippen LogP contribution in [-0.2, 0) is 22.7 Å². The molecule has 1 amide bonds. The second-order valence-electron chi connectivity index (χ2n) is 7.00. The number of carboxylic acid groups (broad SMARTS) is 1. The lowest BCUT2D eigenvalue weighted by Gasteiger charge is -2.33. The second kappa shape index (κ2) is 8.65. The molecule has 0 aliphatic heterocycles. The van der Waals surface area contributed by atoms with Gasteiger partial charge in [-0.15, -0.1) is 0 Å². The van der Waals surface area contributed by atoms with Gasteiger partial charge in [-0.2, -0.15) is 0 Å². The van der Waals surface area contributed by atoms with E-state index in [4.69, 9.17) is 0 Å². The number of rotatable bonds is 6. The van der Waals surface area contributed by atoms with Crippen molar-refractivity contribution in [2.24, 2.45) is 11.8 Å². The molecular formula is C22H25NO3. The van der Waals surface area contributed by atoms with Crippen LogP contribution in [0.4, 0.5) is 0 Å². The fourth-order valence-corrected chi connectivity index (χ4v) is 3.78. The molecule has 0 bridgehead atoms. The molecule has 2 aromatic carbocycles. The van der Waals surface area contributed by atoms with Gasteiger partial charge < -0.3 is 10.0 Å². The van der Waals surface area contributed by atoms with Crippen molar-refractivity contribution in [2.75, 3.05) is 0 Å². The lowest BCUT2D eigenvalue weighted by atomic mass is 9.78. The normalized spacial score (nSPS) is 19.7. The van der Waals surface area contributed by atoms with Crippen LogP contribution in [-0.4, -0.2) is 21.9 Å². The van der Waals surface area contributed by atoms with Crippen molar-refractivity contribution in [1.29, 1.82) is 0 Å². The van der Waals surface area contributed by atoms with E-state index in [0.717, 1.165) is 24.0 Å². The van der Waals surface area contributed by atoms with E-state index in [0.29, 0.717) is 25.9 Å². The van der Waals surface area contributed by atoms with Crippen molar-refractivity contribution >= 4 is 11.9 Å². The van der Waals surface area contributed by atoms with E-state index in [2.05, 4.69) is 0 Å². The fourth-order valence-electron chi connectivity index (χ4n) is 3.78. The van der Waals surface area contributed by atoms with Gasteiger partial charge in [0.1, 0.15) is 0 Å². The SMILES string of the molecule is O=C(O)[C@H]1CCCC[C@H]1C(=O)N(Cc1ccccc1)Cc1ccccc1. The Hall–Kier alpha value is -2.62. The van der Waals surface area contributed by atoms with Crippen molar-refractivity contribution in [1.82, 2.24) is 4.90 Å². The number of carbonyl (C=O) groups excluding carboxylic acids is 1. The number of hydrogen-bond donors (Lipinski definition) is 1. The summed E-state index contributed by atoms with van der Waals surface area (Å²) in [5, 5.41) is 9.55. The van der Waals surface area contributed by atoms with Crippen LogP contribution in [0.3, 0.4) is 0 Å². The summed E-state index contributed by atoms with van der Waals surface area (Å²) < 4.78 is 0. The van der Waals surface area contributed by atoms with Crippen molar-refractivity contribution in [3.05, 3.63) is 71.8 Å². The Balaban J connectivity index is 1.83. The molecule has 26 heavy (non-hydrogen) atoms. The minimum absolute atomic E-state index is 0.0372. The van der Waals surface area contributed by atoms with Gasteiger partial charge in [-0.25, -0.2) is 0 Å². The van der Waals surface area contributed by atoms with E-state index < -0.39 is 17.8 Å². The molecule has 0 saturated heterocycles. The van der Waals surface area contributed by atoms with Crippen molar-refractivity contribution in [3.63, 3.8) is 0 Å². The van der Waals surface area contributed by atoms with Crippen LogP contribution in [0.5, 0.6) is 0 Å². The molecule has 0 aromatic heterocycles. The van der Waals surface area contributed by atoms with Gasteiger partial charge in [0.25, 0.3) is 0 Å². The van der Waals surface area contributed by atoms with Crippen LogP contribution in [0, 0.1) is 11.8 Å². The molecule has 1 aliphatic carbocycles. The van der Waals surface area contributed by atoms with Crippen LogP contribution in [0.1, 0.15) is 36.8 Å². The molecule has 0 heterocycles. The first kappa shape index (κ1) is 18.2. The molecule has 0 spiro atoms. The Morgan fingerprint density at radius 3 is 1.73 bits per heavy atom. The lowest BCUT2D eigenvalue weighted by Crippen LogP contribution is -2.42. The zero-order valence-electron chi connectivity index (χ0n) is 14.9. The summed E-state index contributed by atoms with van der Waals surface area (Å²) in [6, 6.07) is 19.7. The Labute approximate surface area is 154 Å².